The standard InChI is InChI=1S/C32H48ClN/c1-2-3-4-5-6-7-8-9-10-11-12-13-14-15-16-17-18-19-20-27-21-23-31-29(25-27)30-26-28(33)22-24-32(30)34-31/h21-26,34H,2-20H2,1H3. The third-order valence-electron chi connectivity index (χ3n) is 7.44. The molecular weight excluding hydrogens is 434 g/mol. The van der Waals surface area contributed by atoms with Crippen LogP contribution in [-0.4, -0.2) is 4.98 Å². The zero-order valence-corrected chi connectivity index (χ0v) is 22.5. The van der Waals surface area contributed by atoms with Gasteiger partial charge in [0.2, 0.25) is 0 Å². The molecule has 34 heavy (non-hydrogen) atoms. The number of benzene rings is 2. The van der Waals surface area contributed by atoms with E-state index in [-0.39, 0.29) is 0 Å². The molecule has 1 N–H and O–H groups in total. The lowest BCUT2D eigenvalue weighted by Crippen LogP contribution is -1.87. The summed E-state index contributed by atoms with van der Waals surface area (Å²) in [6, 6.07) is 13.0. The molecule has 0 fully saturated rings. The van der Waals surface area contributed by atoms with Gasteiger partial charge in [-0.25, -0.2) is 0 Å². The number of unbranched alkanes of at least 4 members (excludes halogenated alkanes) is 17. The molecule has 0 saturated heterocycles. The lowest BCUT2D eigenvalue weighted by Gasteiger charge is -2.04. The molecule has 0 radical (unpaired) electrons. The molecule has 0 aliphatic carbocycles. The SMILES string of the molecule is CCCCCCCCCCCCCCCCCCCCc1ccc2[nH]c3ccc(Cl)cc3c2c1. The Hall–Kier alpha value is -1.47. The number of halogens is 1. The molecule has 0 amide bonds. The third-order valence-corrected chi connectivity index (χ3v) is 7.68. The van der Waals surface area contributed by atoms with Gasteiger partial charge in [0.1, 0.15) is 0 Å². The van der Waals surface area contributed by atoms with Gasteiger partial charge in [0.15, 0.2) is 0 Å². The molecule has 0 aliphatic rings. The van der Waals surface area contributed by atoms with Crippen molar-refractivity contribution in [2.24, 2.45) is 0 Å². The maximum Gasteiger partial charge on any atom is 0.0465 e. The van der Waals surface area contributed by atoms with Crippen LogP contribution in [0.25, 0.3) is 21.8 Å². The van der Waals surface area contributed by atoms with Gasteiger partial charge in [0.25, 0.3) is 0 Å². The van der Waals surface area contributed by atoms with Crippen LogP contribution >= 0.6 is 11.6 Å². The van der Waals surface area contributed by atoms with Crippen LogP contribution < -0.4 is 0 Å². The molecule has 2 heteroatoms. The van der Waals surface area contributed by atoms with E-state index in [4.69, 9.17) is 11.6 Å². The largest absolute Gasteiger partial charge is 0.355 e. The molecule has 1 aromatic heterocycles. The van der Waals surface area contributed by atoms with Crippen LogP contribution in [0, 0.1) is 0 Å². The average Bonchev–Trinajstić information content (AvgIpc) is 3.20. The number of H-pyrrole nitrogens is 1. The molecule has 3 rings (SSSR count). The summed E-state index contributed by atoms with van der Waals surface area (Å²) in [4.78, 5) is 3.50. The van der Waals surface area contributed by atoms with Gasteiger partial charge in [-0.1, -0.05) is 134 Å². The van der Waals surface area contributed by atoms with E-state index in [1.807, 2.05) is 6.07 Å². The van der Waals surface area contributed by atoms with Crippen LogP contribution in [0.15, 0.2) is 36.4 Å². The summed E-state index contributed by atoms with van der Waals surface area (Å²) in [6.45, 7) is 2.30. The van der Waals surface area contributed by atoms with E-state index in [9.17, 15) is 0 Å². The Morgan fingerprint density at radius 2 is 0.971 bits per heavy atom. The Balaban J connectivity index is 1.15. The van der Waals surface area contributed by atoms with Gasteiger partial charge in [-0.3, -0.25) is 0 Å². The Morgan fingerprint density at radius 1 is 0.529 bits per heavy atom. The van der Waals surface area contributed by atoms with Crippen LogP contribution in [-0.2, 0) is 6.42 Å². The van der Waals surface area contributed by atoms with Crippen molar-refractivity contribution in [3.05, 3.63) is 47.0 Å². The molecule has 0 atom stereocenters. The minimum atomic E-state index is 0.808. The first-order valence-corrected chi connectivity index (χ1v) is 14.9. The number of nitrogens with one attached hydrogen (secondary N) is 1. The molecule has 0 bridgehead atoms. The molecule has 2 aromatic carbocycles. The van der Waals surface area contributed by atoms with E-state index >= 15 is 0 Å². The summed E-state index contributed by atoms with van der Waals surface area (Å²) in [5.41, 5.74) is 3.83. The average molecular weight is 482 g/mol. The number of aryl methyl sites for hydroxylation is 1. The van der Waals surface area contributed by atoms with Crippen molar-refractivity contribution >= 4 is 33.4 Å². The second-order valence-corrected chi connectivity index (χ2v) is 10.9. The van der Waals surface area contributed by atoms with Crippen LogP contribution in [0.5, 0.6) is 0 Å². The first-order chi connectivity index (χ1) is 16.8. The van der Waals surface area contributed by atoms with Gasteiger partial charge in [0, 0.05) is 26.8 Å². The highest BCUT2D eigenvalue weighted by atomic mass is 35.5. The van der Waals surface area contributed by atoms with Crippen molar-refractivity contribution in [2.45, 2.75) is 129 Å². The van der Waals surface area contributed by atoms with E-state index in [0.29, 0.717) is 0 Å². The summed E-state index contributed by atoms with van der Waals surface area (Å²) < 4.78 is 0. The van der Waals surface area contributed by atoms with E-state index in [0.717, 1.165) is 5.02 Å². The van der Waals surface area contributed by atoms with Crippen molar-refractivity contribution in [3.8, 4) is 0 Å². The lowest BCUT2D eigenvalue weighted by molar-refractivity contribution is 0.525. The van der Waals surface area contributed by atoms with Crippen molar-refractivity contribution in [3.63, 3.8) is 0 Å². The number of rotatable bonds is 19. The maximum absolute atomic E-state index is 6.22. The fourth-order valence-electron chi connectivity index (χ4n) is 5.30. The second kappa shape index (κ2) is 16.2. The lowest BCUT2D eigenvalue weighted by atomic mass is 10.0. The van der Waals surface area contributed by atoms with Gasteiger partial charge in [-0.05, 0) is 48.7 Å². The van der Waals surface area contributed by atoms with Gasteiger partial charge in [0.05, 0.1) is 0 Å². The molecule has 1 heterocycles. The summed E-state index contributed by atoms with van der Waals surface area (Å²) in [5, 5.41) is 3.35. The molecule has 0 spiro atoms. The molecule has 3 aromatic rings. The first kappa shape index (κ1) is 27.1. The highest BCUT2D eigenvalue weighted by Crippen LogP contribution is 2.29. The first-order valence-electron chi connectivity index (χ1n) is 14.5. The summed E-state index contributed by atoms with van der Waals surface area (Å²) in [7, 11) is 0. The smallest absolute Gasteiger partial charge is 0.0465 e. The van der Waals surface area contributed by atoms with Crippen LogP contribution in [0.1, 0.15) is 128 Å². The van der Waals surface area contributed by atoms with E-state index in [2.05, 4.69) is 42.2 Å². The van der Waals surface area contributed by atoms with Crippen molar-refractivity contribution in [1.82, 2.24) is 4.98 Å². The summed E-state index contributed by atoms with van der Waals surface area (Å²) in [5.74, 6) is 0. The number of fused-ring (bicyclic) bond motifs is 3. The van der Waals surface area contributed by atoms with E-state index < -0.39 is 0 Å². The Kier molecular flexibility index (Phi) is 13.0. The molecule has 0 unspecified atom stereocenters. The fraction of sp³-hybridized carbons (Fsp3) is 0.625. The minimum Gasteiger partial charge on any atom is -0.355 e. The van der Waals surface area contributed by atoms with Crippen LogP contribution in [0.4, 0.5) is 0 Å². The van der Waals surface area contributed by atoms with E-state index in [1.54, 1.807) is 0 Å². The Labute approximate surface area is 214 Å². The number of hydrogen-bond donors (Lipinski definition) is 1. The zero-order valence-electron chi connectivity index (χ0n) is 21.8. The monoisotopic (exact) mass is 481 g/mol. The Bertz CT molecular complexity index is 941. The zero-order chi connectivity index (χ0) is 23.8. The normalized spacial score (nSPS) is 11.7. The topological polar surface area (TPSA) is 15.8 Å². The Morgan fingerprint density at radius 3 is 1.50 bits per heavy atom. The van der Waals surface area contributed by atoms with Crippen molar-refractivity contribution in [2.75, 3.05) is 0 Å². The van der Waals surface area contributed by atoms with Gasteiger partial charge in [-0.2, -0.15) is 0 Å². The fourth-order valence-corrected chi connectivity index (χ4v) is 5.48. The second-order valence-electron chi connectivity index (χ2n) is 10.5. The van der Waals surface area contributed by atoms with Gasteiger partial charge >= 0.3 is 0 Å². The van der Waals surface area contributed by atoms with Crippen LogP contribution in [0.2, 0.25) is 5.02 Å². The summed E-state index contributed by atoms with van der Waals surface area (Å²) in [6.07, 6.45) is 26.9. The number of hydrogen-bond acceptors (Lipinski definition) is 0. The maximum atomic E-state index is 6.22. The molecular formula is C32H48ClN. The number of aromatic amines is 1. The highest BCUT2D eigenvalue weighted by molar-refractivity contribution is 6.31. The molecule has 188 valence electrons. The predicted octanol–water partition coefficient (Wildman–Crippen LogP) is 11.6. The quantitative estimate of drug-likeness (QED) is 0.164. The third kappa shape index (κ3) is 9.65. The van der Waals surface area contributed by atoms with Gasteiger partial charge < -0.3 is 4.98 Å². The number of aromatic nitrogens is 1. The van der Waals surface area contributed by atoms with Gasteiger partial charge in [-0.15, -0.1) is 0 Å². The van der Waals surface area contributed by atoms with Crippen LogP contribution in [0.3, 0.4) is 0 Å². The summed E-state index contributed by atoms with van der Waals surface area (Å²) >= 11 is 6.22. The van der Waals surface area contributed by atoms with Crippen molar-refractivity contribution < 1.29 is 0 Å². The van der Waals surface area contributed by atoms with E-state index in [1.165, 1.54) is 149 Å². The molecule has 0 saturated carbocycles. The minimum absolute atomic E-state index is 0.808. The van der Waals surface area contributed by atoms with Crippen molar-refractivity contribution in [1.29, 1.82) is 0 Å². The molecule has 1 nitrogen and oxygen atoms in total. The predicted molar refractivity (Wildman–Crippen MR) is 153 cm³/mol. The highest BCUT2D eigenvalue weighted by Gasteiger charge is 2.06. The molecule has 0 aliphatic heterocycles.